The minimum Gasteiger partial charge on any atom is -0.382 e. The van der Waals surface area contributed by atoms with E-state index in [0.717, 1.165) is 11.3 Å². The van der Waals surface area contributed by atoms with Crippen LogP contribution in [-0.4, -0.2) is 16.9 Å². The van der Waals surface area contributed by atoms with Crippen LogP contribution in [0.3, 0.4) is 0 Å². The average Bonchev–Trinajstić information content (AvgIpc) is 2.45. The Hall–Kier alpha value is -2.36. The molecule has 0 aliphatic rings. The van der Waals surface area contributed by atoms with Crippen LogP contribution < -0.4 is 10.6 Å². The Kier molecular flexibility index (Phi) is 4.93. The molecule has 110 valence electrons. The van der Waals surface area contributed by atoms with E-state index in [9.17, 15) is 4.79 Å². The van der Waals surface area contributed by atoms with Gasteiger partial charge in [0.25, 0.3) is 5.91 Å². The summed E-state index contributed by atoms with van der Waals surface area (Å²) in [4.78, 5) is 16.3. The van der Waals surface area contributed by atoms with E-state index >= 15 is 0 Å². The molecule has 4 nitrogen and oxygen atoms in total. The summed E-state index contributed by atoms with van der Waals surface area (Å²) < 4.78 is 0. The zero-order valence-corrected chi connectivity index (χ0v) is 12.7. The number of nitrogens with one attached hydrogen (secondary N) is 2. The molecular formula is C17H21N3O. The maximum Gasteiger partial charge on any atom is 0.253 e. The molecule has 1 amide bonds. The summed E-state index contributed by atoms with van der Waals surface area (Å²) in [5, 5.41) is 6.17. The monoisotopic (exact) mass is 283 g/mol. The highest BCUT2D eigenvalue weighted by Crippen LogP contribution is 2.11. The molecule has 0 atom stereocenters. The molecule has 0 bridgehead atoms. The fourth-order valence-corrected chi connectivity index (χ4v) is 2.06. The average molecular weight is 283 g/mol. The van der Waals surface area contributed by atoms with E-state index in [1.807, 2.05) is 51.1 Å². The molecule has 2 N–H and O–H groups in total. The van der Waals surface area contributed by atoms with Crippen molar-refractivity contribution in [2.24, 2.45) is 0 Å². The van der Waals surface area contributed by atoms with Crippen LogP contribution >= 0.6 is 0 Å². The number of anilines is 1. The van der Waals surface area contributed by atoms with Crippen molar-refractivity contribution in [1.82, 2.24) is 10.3 Å². The van der Waals surface area contributed by atoms with Gasteiger partial charge in [0.05, 0.1) is 11.3 Å². The Balaban J connectivity index is 2.02. The summed E-state index contributed by atoms with van der Waals surface area (Å²) in [6.45, 7) is 6.65. The van der Waals surface area contributed by atoms with Gasteiger partial charge in [-0.2, -0.15) is 0 Å². The molecule has 4 heteroatoms. The molecule has 0 saturated heterocycles. The lowest BCUT2D eigenvalue weighted by Gasteiger charge is -2.11. The van der Waals surface area contributed by atoms with Gasteiger partial charge >= 0.3 is 0 Å². The summed E-state index contributed by atoms with van der Waals surface area (Å²) in [7, 11) is 0. The van der Waals surface area contributed by atoms with Crippen LogP contribution in [0, 0.1) is 6.92 Å². The van der Waals surface area contributed by atoms with Crippen LogP contribution in [0.2, 0.25) is 0 Å². The molecular weight excluding hydrogens is 262 g/mol. The number of nitrogens with zero attached hydrogens (tertiary/aromatic N) is 1. The van der Waals surface area contributed by atoms with Crippen molar-refractivity contribution in [3.63, 3.8) is 0 Å². The molecule has 0 radical (unpaired) electrons. The van der Waals surface area contributed by atoms with Gasteiger partial charge in [0.1, 0.15) is 0 Å². The fraction of sp³-hybridized carbons (Fsp3) is 0.294. The molecule has 1 aromatic heterocycles. The third-order valence-electron chi connectivity index (χ3n) is 3.16. The first-order valence-corrected chi connectivity index (χ1v) is 7.10. The maximum absolute atomic E-state index is 12.2. The summed E-state index contributed by atoms with van der Waals surface area (Å²) in [6, 6.07) is 10.1. The SMILES string of the molecule is Cc1ccccc1CNC(=O)c1cncc(NC(C)C)c1. The van der Waals surface area contributed by atoms with Crippen LogP contribution in [0.1, 0.15) is 35.3 Å². The molecule has 0 spiro atoms. The van der Waals surface area contributed by atoms with Crippen molar-refractivity contribution in [3.05, 3.63) is 59.4 Å². The van der Waals surface area contributed by atoms with Crippen LogP contribution in [-0.2, 0) is 6.54 Å². The first kappa shape index (κ1) is 15.0. The van der Waals surface area contributed by atoms with Crippen LogP contribution in [0.15, 0.2) is 42.7 Å². The number of benzene rings is 1. The molecule has 21 heavy (non-hydrogen) atoms. The largest absolute Gasteiger partial charge is 0.382 e. The highest BCUT2D eigenvalue weighted by atomic mass is 16.1. The lowest BCUT2D eigenvalue weighted by molar-refractivity contribution is 0.0950. The highest BCUT2D eigenvalue weighted by molar-refractivity contribution is 5.94. The predicted octanol–water partition coefficient (Wildman–Crippen LogP) is 3.14. The Morgan fingerprint density at radius 3 is 2.71 bits per heavy atom. The van der Waals surface area contributed by atoms with Crippen LogP contribution in [0.4, 0.5) is 5.69 Å². The van der Waals surface area contributed by atoms with Crippen LogP contribution in [0.5, 0.6) is 0 Å². The Bertz CT molecular complexity index is 623. The third kappa shape index (κ3) is 4.31. The van der Waals surface area contributed by atoms with Gasteiger partial charge in [-0.3, -0.25) is 9.78 Å². The van der Waals surface area contributed by atoms with Gasteiger partial charge in [-0.1, -0.05) is 24.3 Å². The zero-order chi connectivity index (χ0) is 15.2. The number of aromatic nitrogens is 1. The molecule has 1 heterocycles. The molecule has 2 aromatic rings. The van der Waals surface area contributed by atoms with Gasteiger partial charge in [-0.25, -0.2) is 0 Å². The van der Waals surface area contributed by atoms with E-state index in [4.69, 9.17) is 0 Å². The van der Waals surface area contributed by atoms with Gasteiger partial charge < -0.3 is 10.6 Å². The molecule has 0 aliphatic carbocycles. The lowest BCUT2D eigenvalue weighted by Crippen LogP contribution is -2.23. The van der Waals surface area contributed by atoms with Gasteiger partial charge in [-0.15, -0.1) is 0 Å². The van der Waals surface area contributed by atoms with Gasteiger partial charge in [0.15, 0.2) is 0 Å². The number of rotatable bonds is 5. The van der Waals surface area contributed by atoms with Crippen molar-refractivity contribution < 1.29 is 4.79 Å². The fourth-order valence-electron chi connectivity index (χ4n) is 2.06. The van der Waals surface area contributed by atoms with E-state index in [0.29, 0.717) is 18.2 Å². The van der Waals surface area contributed by atoms with Gasteiger partial charge in [-0.05, 0) is 38.0 Å². The molecule has 2 rings (SSSR count). The second kappa shape index (κ2) is 6.88. The molecule has 0 unspecified atom stereocenters. The summed E-state index contributed by atoms with van der Waals surface area (Å²) >= 11 is 0. The minimum absolute atomic E-state index is 0.113. The predicted molar refractivity (Wildman–Crippen MR) is 85.3 cm³/mol. The van der Waals surface area contributed by atoms with Crippen LogP contribution in [0.25, 0.3) is 0 Å². The van der Waals surface area contributed by atoms with E-state index in [2.05, 4.69) is 15.6 Å². The number of amides is 1. The smallest absolute Gasteiger partial charge is 0.253 e. The Morgan fingerprint density at radius 2 is 2.00 bits per heavy atom. The highest BCUT2D eigenvalue weighted by Gasteiger charge is 2.08. The molecule has 0 aliphatic heterocycles. The summed E-state index contributed by atoms with van der Waals surface area (Å²) in [6.07, 6.45) is 3.30. The zero-order valence-electron chi connectivity index (χ0n) is 12.7. The first-order chi connectivity index (χ1) is 10.1. The standard InChI is InChI=1S/C17H21N3O/c1-12(2)20-16-8-15(9-18-11-16)17(21)19-10-14-7-5-4-6-13(14)3/h4-9,11-12,20H,10H2,1-3H3,(H,19,21). The lowest BCUT2D eigenvalue weighted by atomic mass is 10.1. The van der Waals surface area contributed by atoms with Gasteiger partial charge in [0, 0.05) is 25.0 Å². The summed E-state index contributed by atoms with van der Waals surface area (Å²) in [5.41, 5.74) is 3.71. The Labute approximate surface area is 125 Å². The normalized spacial score (nSPS) is 10.5. The number of carbonyl (C=O) groups excluding carboxylic acids is 1. The van der Waals surface area contributed by atoms with E-state index in [1.54, 1.807) is 12.4 Å². The third-order valence-corrected chi connectivity index (χ3v) is 3.16. The summed E-state index contributed by atoms with van der Waals surface area (Å²) in [5.74, 6) is -0.113. The van der Waals surface area contributed by atoms with Gasteiger partial charge in [0.2, 0.25) is 0 Å². The van der Waals surface area contributed by atoms with Crippen molar-refractivity contribution in [2.45, 2.75) is 33.4 Å². The molecule has 1 aromatic carbocycles. The number of aryl methyl sites for hydroxylation is 1. The minimum atomic E-state index is -0.113. The molecule has 0 saturated carbocycles. The Morgan fingerprint density at radius 1 is 1.24 bits per heavy atom. The van der Waals surface area contributed by atoms with E-state index < -0.39 is 0 Å². The number of hydrogen-bond acceptors (Lipinski definition) is 3. The van der Waals surface area contributed by atoms with E-state index in [1.165, 1.54) is 5.56 Å². The van der Waals surface area contributed by atoms with Crippen molar-refractivity contribution >= 4 is 11.6 Å². The molecule has 0 fully saturated rings. The second-order valence-electron chi connectivity index (χ2n) is 5.37. The topological polar surface area (TPSA) is 54.0 Å². The van der Waals surface area contributed by atoms with Crippen molar-refractivity contribution in [3.8, 4) is 0 Å². The van der Waals surface area contributed by atoms with E-state index in [-0.39, 0.29) is 5.91 Å². The second-order valence-corrected chi connectivity index (χ2v) is 5.37. The number of carbonyl (C=O) groups is 1. The maximum atomic E-state index is 12.2. The number of hydrogen-bond donors (Lipinski definition) is 2. The number of pyridine rings is 1. The quantitative estimate of drug-likeness (QED) is 0.886. The first-order valence-electron chi connectivity index (χ1n) is 7.10. The van der Waals surface area contributed by atoms with Crippen molar-refractivity contribution in [2.75, 3.05) is 5.32 Å². The van der Waals surface area contributed by atoms with Crippen molar-refractivity contribution in [1.29, 1.82) is 0 Å².